The van der Waals surface area contributed by atoms with E-state index < -0.39 is 0 Å². The number of nitrogen functional groups attached to an aromatic ring is 1. The highest BCUT2D eigenvalue weighted by Crippen LogP contribution is 2.27. The van der Waals surface area contributed by atoms with E-state index in [1.165, 1.54) is 0 Å². The van der Waals surface area contributed by atoms with Gasteiger partial charge >= 0.3 is 0 Å². The summed E-state index contributed by atoms with van der Waals surface area (Å²) in [5, 5.41) is 8.54. The summed E-state index contributed by atoms with van der Waals surface area (Å²) in [7, 11) is 1.88. The van der Waals surface area contributed by atoms with Crippen molar-refractivity contribution in [1.82, 2.24) is 24.4 Å². The van der Waals surface area contributed by atoms with E-state index in [1.807, 2.05) is 19.3 Å². The van der Waals surface area contributed by atoms with Crippen molar-refractivity contribution in [2.75, 3.05) is 23.7 Å². The fraction of sp³-hybridized carbons (Fsp3) is 0.357. The van der Waals surface area contributed by atoms with Gasteiger partial charge in [0, 0.05) is 49.6 Å². The summed E-state index contributed by atoms with van der Waals surface area (Å²) in [6, 6.07) is 2.05. The molecule has 1 saturated heterocycles. The van der Waals surface area contributed by atoms with Crippen molar-refractivity contribution in [3.63, 3.8) is 0 Å². The molecule has 0 unspecified atom stereocenters. The highest BCUT2D eigenvalue weighted by Gasteiger charge is 2.22. The van der Waals surface area contributed by atoms with Crippen LogP contribution in [0.25, 0.3) is 16.8 Å². The molecule has 3 aromatic heterocycles. The van der Waals surface area contributed by atoms with Gasteiger partial charge in [-0.3, -0.25) is 4.68 Å². The van der Waals surface area contributed by atoms with Gasteiger partial charge in [0.15, 0.2) is 5.65 Å². The zero-order valence-corrected chi connectivity index (χ0v) is 12.3. The summed E-state index contributed by atoms with van der Waals surface area (Å²) in [6.45, 7) is 1.71. The van der Waals surface area contributed by atoms with Gasteiger partial charge in [0.25, 0.3) is 0 Å². The first-order valence-electron chi connectivity index (χ1n) is 7.25. The molecule has 1 fully saturated rings. The Balaban J connectivity index is 1.85. The fourth-order valence-corrected chi connectivity index (χ4v) is 2.89. The Bertz CT molecular complexity index is 833. The van der Waals surface area contributed by atoms with Crippen LogP contribution in [0.1, 0.15) is 6.42 Å². The van der Waals surface area contributed by atoms with E-state index in [1.54, 1.807) is 21.6 Å². The van der Waals surface area contributed by atoms with Gasteiger partial charge in [-0.15, -0.1) is 0 Å². The van der Waals surface area contributed by atoms with Crippen molar-refractivity contribution in [1.29, 1.82) is 0 Å². The number of fused-ring (bicyclic) bond motifs is 1. The van der Waals surface area contributed by atoms with Crippen LogP contribution in [0.15, 0.2) is 24.7 Å². The van der Waals surface area contributed by atoms with E-state index in [9.17, 15) is 0 Å². The van der Waals surface area contributed by atoms with E-state index in [0.29, 0.717) is 5.82 Å². The zero-order chi connectivity index (χ0) is 15.3. The van der Waals surface area contributed by atoms with Gasteiger partial charge < -0.3 is 16.4 Å². The molecule has 0 amide bonds. The van der Waals surface area contributed by atoms with Crippen LogP contribution in [0.2, 0.25) is 0 Å². The Morgan fingerprint density at radius 1 is 1.27 bits per heavy atom. The lowest BCUT2D eigenvalue weighted by atomic mass is 10.2. The first-order valence-corrected chi connectivity index (χ1v) is 7.25. The minimum Gasteiger partial charge on any atom is -0.383 e. The third-order valence-corrected chi connectivity index (χ3v) is 4.05. The maximum Gasteiger partial charge on any atom is 0.167 e. The van der Waals surface area contributed by atoms with Gasteiger partial charge in [-0.05, 0) is 6.42 Å². The molecule has 0 spiro atoms. The van der Waals surface area contributed by atoms with E-state index in [0.717, 1.165) is 42.1 Å². The third-order valence-electron chi connectivity index (χ3n) is 4.05. The number of hydrogen-bond acceptors (Lipinski definition) is 6. The van der Waals surface area contributed by atoms with Crippen molar-refractivity contribution in [2.45, 2.75) is 12.5 Å². The smallest absolute Gasteiger partial charge is 0.167 e. The normalized spacial score (nSPS) is 18.5. The average Bonchev–Trinajstić information content (AvgIpc) is 3.18. The van der Waals surface area contributed by atoms with E-state index in [4.69, 9.17) is 16.5 Å². The molecule has 22 heavy (non-hydrogen) atoms. The second kappa shape index (κ2) is 4.70. The minimum absolute atomic E-state index is 0.196. The van der Waals surface area contributed by atoms with E-state index >= 15 is 0 Å². The lowest BCUT2D eigenvalue weighted by Gasteiger charge is -2.17. The van der Waals surface area contributed by atoms with E-state index in [-0.39, 0.29) is 6.04 Å². The van der Waals surface area contributed by atoms with Crippen LogP contribution in [0, 0.1) is 0 Å². The molecule has 1 aliphatic heterocycles. The second-order valence-electron chi connectivity index (χ2n) is 5.73. The van der Waals surface area contributed by atoms with Crippen molar-refractivity contribution in [2.24, 2.45) is 12.8 Å². The SMILES string of the molecule is Cn1cc(-c2cnn3c(N)cc(N4CC[C@H](N)C4)nc23)cn1. The fourth-order valence-electron chi connectivity index (χ4n) is 2.89. The molecule has 8 nitrogen and oxygen atoms in total. The van der Waals surface area contributed by atoms with Gasteiger partial charge in [-0.1, -0.05) is 0 Å². The number of anilines is 2. The summed E-state index contributed by atoms with van der Waals surface area (Å²) in [4.78, 5) is 6.92. The highest BCUT2D eigenvalue weighted by molar-refractivity contribution is 5.78. The molecule has 0 radical (unpaired) electrons. The first-order chi connectivity index (χ1) is 10.6. The Kier molecular flexibility index (Phi) is 2.80. The quantitative estimate of drug-likeness (QED) is 0.703. The number of nitrogens with zero attached hydrogens (tertiary/aromatic N) is 6. The van der Waals surface area contributed by atoms with Gasteiger partial charge in [0.2, 0.25) is 0 Å². The van der Waals surface area contributed by atoms with Crippen LogP contribution < -0.4 is 16.4 Å². The number of hydrogen-bond donors (Lipinski definition) is 2. The molecule has 114 valence electrons. The molecule has 4 rings (SSSR count). The molecular formula is C14H18N8. The first kappa shape index (κ1) is 13.1. The lowest BCUT2D eigenvalue weighted by molar-refractivity contribution is 0.751. The largest absolute Gasteiger partial charge is 0.383 e. The van der Waals surface area contributed by atoms with Crippen LogP contribution >= 0.6 is 0 Å². The molecule has 1 aliphatic rings. The minimum atomic E-state index is 0.196. The summed E-state index contributed by atoms with van der Waals surface area (Å²) in [6.07, 6.45) is 6.48. The van der Waals surface area contributed by atoms with Crippen molar-refractivity contribution in [3.05, 3.63) is 24.7 Å². The maximum absolute atomic E-state index is 6.14. The van der Waals surface area contributed by atoms with Crippen molar-refractivity contribution in [3.8, 4) is 11.1 Å². The highest BCUT2D eigenvalue weighted by atomic mass is 15.3. The molecule has 8 heteroatoms. The maximum atomic E-state index is 6.14. The topological polar surface area (TPSA) is 103 Å². The van der Waals surface area contributed by atoms with Crippen LogP contribution in [0.5, 0.6) is 0 Å². The lowest BCUT2D eigenvalue weighted by Crippen LogP contribution is -2.27. The summed E-state index contributed by atoms with van der Waals surface area (Å²) in [5.41, 5.74) is 14.8. The Hall–Kier alpha value is -2.61. The van der Waals surface area contributed by atoms with Gasteiger partial charge in [-0.2, -0.15) is 14.7 Å². The van der Waals surface area contributed by atoms with Crippen LogP contribution in [0.3, 0.4) is 0 Å². The molecule has 0 aromatic carbocycles. The predicted octanol–water partition coefficient (Wildman–Crippen LogP) is 0.249. The average molecular weight is 298 g/mol. The van der Waals surface area contributed by atoms with Gasteiger partial charge in [0.1, 0.15) is 11.6 Å². The molecule has 0 saturated carbocycles. The zero-order valence-electron chi connectivity index (χ0n) is 12.3. The number of aromatic nitrogens is 5. The molecule has 4 N–H and O–H groups in total. The molecule has 1 atom stereocenters. The van der Waals surface area contributed by atoms with Crippen LogP contribution in [-0.2, 0) is 7.05 Å². The summed E-state index contributed by atoms with van der Waals surface area (Å²) >= 11 is 0. The molecular weight excluding hydrogens is 280 g/mol. The molecule has 3 aromatic rings. The Morgan fingerprint density at radius 3 is 2.82 bits per heavy atom. The van der Waals surface area contributed by atoms with Gasteiger partial charge in [-0.25, -0.2) is 4.98 Å². The second-order valence-corrected chi connectivity index (χ2v) is 5.73. The number of aryl methyl sites for hydroxylation is 1. The van der Waals surface area contributed by atoms with Crippen molar-refractivity contribution < 1.29 is 0 Å². The predicted molar refractivity (Wildman–Crippen MR) is 84.4 cm³/mol. The third kappa shape index (κ3) is 2.00. The van der Waals surface area contributed by atoms with Crippen LogP contribution in [0.4, 0.5) is 11.6 Å². The molecule has 0 bridgehead atoms. The summed E-state index contributed by atoms with van der Waals surface area (Å²) in [5.74, 6) is 1.42. The summed E-state index contributed by atoms with van der Waals surface area (Å²) < 4.78 is 3.41. The van der Waals surface area contributed by atoms with Crippen LogP contribution in [-0.4, -0.2) is 43.5 Å². The number of rotatable bonds is 2. The Morgan fingerprint density at radius 2 is 2.14 bits per heavy atom. The Labute approximate surface area is 127 Å². The van der Waals surface area contributed by atoms with E-state index in [2.05, 4.69) is 15.1 Å². The number of nitrogens with two attached hydrogens (primary N) is 2. The van der Waals surface area contributed by atoms with Gasteiger partial charge in [0.05, 0.1) is 12.4 Å². The van der Waals surface area contributed by atoms with Crippen molar-refractivity contribution >= 4 is 17.3 Å². The standard InChI is InChI=1S/C14H18N8/c1-20-7-9(5-17-20)11-6-18-22-12(16)4-13(19-14(11)22)21-3-2-10(15)8-21/h4-7,10H,2-3,8,15-16H2,1H3/t10-/m0/s1. The molecule has 4 heterocycles. The molecule has 0 aliphatic carbocycles. The monoisotopic (exact) mass is 298 g/mol.